The fraction of sp³-hybridized carbons (Fsp3) is 0.400. The van der Waals surface area contributed by atoms with Gasteiger partial charge in [-0.2, -0.15) is 0 Å². The maximum atomic E-state index is 12.5. The van der Waals surface area contributed by atoms with E-state index in [1.165, 1.54) is 6.42 Å². The molecule has 2 heterocycles. The van der Waals surface area contributed by atoms with Gasteiger partial charge < -0.3 is 15.6 Å². The van der Waals surface area contributed by atoms with Crippen molar-refractivity contribution in [2.75, 3.05) is 18.8 Å². The van der Waals surface area contributed by atoms with Crippen LogP contribution >= 0.6 is 0 Å². The first-order valence-corrected chi connectivity index (χ1v) is 6.81. The SMILES string of the molecule is CC1CCCN(C(=O)c2cc3cccc(N)c3[nH]2)C1. The number of fused-ring (bicyclic) bond motifs is 1. The van der Waals surface area contributed by atoms with Gasteiger partial charge in [-0.3, -0.25) is 4.79 Å². The zero-order valence-corrected chi connectivity index (χ0v) is 11.1. The lowest BCUT2D eigenvalue weighted by Crippen LogP contribution is -2.39. The molecule has 2 aromatic rings. The van der Waals surface area contributed by atoms with Gasteiger partial charge >= 0.3 is 0 Å². The minimum atomic E-state index is 0.0853. The van der Waals surface area contributed by atoms with E-state index in [4.69, 9.17) is 5.73 Å². The Bertz CT molecular complexity index is 617. The van der Waals surface area contributed by atoms with E-state index < -0.39 is 0 Å². The molecule has 0 saturated carbocycles. The van der Waals surface area contributed by atoms with E-state index in [-0.39, 0.29) is 5.91 Å². The van der Waals surface area contributed by atoms with Crippen LogP contribution in [0.15, 0.2) is 24.3 Å². The number of nitrogen functional groups attached to an aromatic ring is 1. The van der Waals surface area contributed by atoms with Crippen LogP contribution in [0.5, 0.6) is 0 Å². The lowest BCUT2D eigenvalue weighted by Gasteiger charge is -2.30. The summed E-state index contributed by atoms with van der Waals surface area (Å²) in [5.41, 5.74) is 8.10. The van der Waals surface area contributed by atoms with E-state index in [0.29, 0.717) is 17.3 Å². The number of carbonyl (C=O) groups is 1. The second-order valence-electron chi connectivity index (χ2n) is 5.49. The number of likely N-dealkylation sites (tertiary alicyclic amines) is 1. The summed E-state index contributed by atoms with van der Waals surface area (Å²) in [6, 6.07) is 7.61. The highest BCUT2D eigenvalue weighted by Gasteiger charge is 2.23. The Labute approximate surface area is 112 Å². The third kappa shape index (κ3) is 2.18. The number of carbonyl (C=O) groups excluding carboxylic acids is 1. The van der Waals surface area contributed by atoms with Crippen LogP contribution in [0, 0.1) is 5.92 Å². The number of piperidine rings is 1. The van der Waals surface area contributed by atoms with Gasteiger partial charge in [-0.25, -0.2) is 0 Å². The van der Waals surface area contributed by atoms with Gasteiger partial charge in [0.25, 0.3) is 5.91 Å². The summed E-state index contributed by atoms with van der Waals surface area (Å²) in [6.45, 7) is 3.90. The molecule has 1 aromatic carbocycles. The van der Waals surface area contributed by atoms with E-state index in [1.54, 1.807) is 0 Å². The molecule has 0 aliphatic carbocycles. The molecule has 1 saturated heterocycles. The van der Waals surface area contributed by atoms with E-state index in [1.807, 2.05) is 29.2 Å². The minimum absolute atomic E-state index is 0.0853. The van der Waals surface area contributed by atoms with Crippen molar-refractivity contribution in [3.8, 4) is 0 Å². The van der Waals surface area contributed by atoms with Crippen LogP contribution in [-0.4, -0.2) is 28.9 Å². The van der Waals surface area contributed by atoms with E-state index in [0.717, 1.165) is 30.4 Å². The Balaban J connectivity index is 1.91. The van der Waals surface area contributed by atoms with Gasteiger partial charge in [0.05, 0.1) is 11.2 Å². The first-order chi connectivity index (χ1) is 9.15. The highest BCUT2D eigenvalue weighted by molar-refractivity contribution is 6.00. The van der Waals surface area contributed by atoms with Gasteiger partial charge in [0.1, 0.15) is 5.69 Å². The Morgan fingerprint density at radius 3 is 3.05 bits per heavy atom. The van der Waals surface area contributed by atoms with Gasteiger partial charge in [-0.15, -0.1) is 0 Å². The molecule has 19 heavy (non-hydrogen) atoms. The molecule has 1 aromatic heterocycles. The third-order valence-corrected chi connectivity index (χ3v) is 3.86. The van der Waals surface area contributed by atoms with Crippen molar-refractivity contribution in [1.82, 2.24) is 9.88 Å². The lowest BCUT2D eigenvalue weighted by molar-refractivity contribution is 0.0678. The summed E-state index contributed by atoms with van der Waals surface area (Å²) in [5.74, 6) is 0.675. The molecule has 1 fully saturated rings. The van der Waals surface area contributed by atoms with Crippen LogP contribution in [0.2, 0.25) is 0 Å². The molecule has 4 nitrogen and oxygen atoms in total. The minimum Gasteiger partial charge on any atom is -0.397 e. The fourth-order valence-electron chi connectivity index (χ4n) is 2.84. The number of hydrogen-bond donors (Lipinski definition) is 2. The molecule has 0 radical (unpaired) electrons. The number of H-pyrrole nitrogens is 1. The van der Waals surface area contributed by atoms with Crippen molar-refractivity contribution in [3.05, 3.63) is 30.0 Å². The number of nitrogens with zero attached hydrogens (tertiary/aromatic N) is 1. The Morgan fingerprint density at radius 1 is 1.47 bits per heavy atom. The smallest absolute Gasteiger partial charge is 0.270 e. The van der Waals surface area contributed by atoms with Crippen molar-refractivity contribution in [1.29, 1.82) is 0 Å². The van der Waals surface area contributed by atoms with E-state index in [2.05, 4.69) is 11.9 Å². The van der Waals surface area contributed by atoms with E-state index >= 15 is 0 Å². The maximum absolute atomic E-state index is 12.5. The zero-order chi connectivity index (χ0) is 13.4. The van der Waals surface area contributed by atoms with Gasteiger partial charge in [0.2, 0.25) is 0 Å². The molecule has 1 aliphatic heterocycles. The molecular weight excluding hydrogens is 238 g/mol. The molecule has 3 rings (SSSR count). The number of rotatable bonds is 1. The molecule has 0 bridgehead atoms. The summed E-state index contributed by atoms with van der Waals surface area (Å²) < 4.78 is 0. The van der Waals surface area contributed by atoms with Gasteiger partial charge in [0, 0.05) is 18.5 Å². The number of anilines is 1. The molecular formula is C15H19N3O. The monoisotopic (exact) mass is 257 g/mol. The van der Waals surface area contributed by atoms with Crippen LogP contribution in [0.3, 0.4) is 0 Å². The first kappa shape index (κ1) is 12.1. The summed E-state index contributed by atoms with van der Waals surface area (Å²) in [6.07, 6.45) is 2.30. The Morgan fingerprint density at radius 2 is 2.32 bits per heavy atom. The number of benzene rings is 1. The summed E-state index contributed by atoms with van der Waals surface area (Å²) >= 11 is 0. The molecule has 1 amide bonds. The topological polar surface area (TPSA) is 62.1 Å². The number of hydrogen-bond acceptors (Lipinski definition) is 2. The second kappa shape index (κ2) is 4.61. The third-order valence-electron chi connectivity index (χ3n) is 3.86. The standard InChI is InChI=1S/C15H19N3O/c1-10-4-3-7-18(9-10)15(19)13-8-11-5-2-6-12(16)14(11)17-13/h2,5-6,8,10,17H,3-4,7,9,16H2,1H3. The van der Waals surface area contributed by atoms with Gasteiger partial charge in [0.15, 0.2) is 0 Å². The quantitative estimate of drug-likeness (QED) is 0.771. The maximum Gasteiger partial charge on any atom is 0.270 e. The van der Waals surface area contributed by atoms with Crippen molar-refractivity contribution >= 4 is 22.5 Å². The van der Waals surface area contributed by atoms with Crippen molar-refractivity contribution in [2.24, 2.45) is 5.92 Å². The van der Waals surface area contributed by atoms with Crippen LogP contribution in [0.4, 0.5) is 5.69 Å². The summed E-state index contributed by atoms with van der Waals surface area (Å²) in [4.78, 5) is 17.6. The average molecular weight is 257 g/mol. The predicted octanol–water partition coefficient (Wildman–Crippen LogP) is 2.62. The highest BCUT2D eigenvalue weighted by Crippen LogP contribution is 2.23. The van der Waals surface area contributed by atoms with Crippen LogP contribution in [0.25, 0.3) is 10.9 Å². The van der Waals surface area contributed by atoms with Gasteiger partial charge in [-0.05, 0) is 30.9 Å². The summed E-state index contributed by atoms with van der Waals surface area (Å²) in [5, 5.41) is 0.994. The van der Waals surface area contributed by atoms with E-state index in [9.17, 15) is 4.79 Å². The van der Waals surface area contributed by atoms with Crippen molar-refractivity contribution in [3.63, 3.8) is 0 Å². The fourth-order valence-corrected chi connectivity index (χ4v) is 2.84. The largest absolute Gasteiger partial charge is 0.397 e. The molecule has 100 valence electrons. The van der Waals surface area contributed by atoms with Crippen LogP contribution in [0.1, 0.15) is 30.3 Å². The lowest BCUT2D eigenvalue weighted by atomic mass is 10.00. The average Bonchev–Trinajstić information content (AvgIpc) is 2.83. The summed E-state index contributed by atoms with van der Waals surface area (Å²) in [7, 11) is 0. The Kier molecular flexibility index (Phi) is 2.93. The number of aromatic amines is 1. The van der Waals surface area contributed by atoms with Crippen molar-refractivity contribution < 1.29 is 4.79 Å². The number of nitrogens with two attached hydrogens (primary N) is 1. The predicted molar refractivity (Wildman–Crippen MR) is 77.0 cm³/mol. The first-order valence-electron chi connectivity index (χ1n) is 6.81. The molecule has 1 aliphatic rings. The molecule has 1 atom stereocenters. The molecule has 1 unspecified atom stereocenters. The number of nitrogens with one attached hydrogen (secondary N) is 1. The number of amides is 1. The van der Waals surface area contributed by atoms with Gasteiger partial charge in [-0.1, -0.05) is 19.1 Å². The van der Waals surface area contributed by atoms with Crippen LogP contribution < -0.4 is 5.73 Å². The Hall–Kier alpha value is -1.97. The number of para-hydroxylation sites is 1. The second-order valence-corrected chi connectivity index (χ2v) is 5.49. The molecule has 4 heteroatoms. The molecule has 0 spiro atoms. The number of aromatic nitrogens is 1. The van der Waals surface area contributed by atoms with Crippen molar-refractivity contribution in [2.45, 2.75) is 19.8 Å². The normalized spacial score (nSPS) is 19.8. The zero-order valence-electron chi connectivity index (χ0n) is 11.1. The van der Waals surface area contributed by atoms with Crippen LogP contribution in [-0.2, 0) is 0 Å². The molecule has 3 N–H and O–H groups in total. The highest BCUT2D eigenvalue weighted by atomic mass is 16.2.